The van der Waals surface area contributed by atoms with E-state index in [9.17, 15) is 14.0 Å². The van der Waals surface area contributed by atoms with E-state index in [-0.39, 0.29) is 29.0 Å². The molecule has 6 rings (SSSR count). The van der Waals surface area contributed by atoms with E-state index in [2.05, 4.69) is 39.0 Å². The van der Waals surface area contributed by atoms with E-state index < -0.39 is 5.82 Å². The zero-order valence-electron chi connectivity index (χ0n) is 21.6. The molecule has 198 valence electrons. The van der Waals surface area contributed by atoms with Crippen LogP contribution in [-0.4, -0.2) is 52.9 Å². The molecule has 2 amide bonds. The van der Waals surface area contributed by atoms with Crippen molar-refractivity contribution in [3.63, 3.8) is 0 Å². The second kappa shape index (κ2) is 9.62. The number of hydrogen-bond acceptors (Lipinski definition) is 5. The SMILES string of the molecule is C=CC(=O)N1CC2(CC2)C[C@@H]1C#Cc1cnccc1-c1[nH]c2c(c1Nc1cccc(F)c1OC)C(=O)NCC2. The molecule has 2 aromatic heterocycles. The van der Waals surface area contributed by atoms with E-state index in [1.54, 1.807) is 24.5 Å². The van der Waals surface area contributed by atoms with Crippen LogP contribution in [-0.2, 0) is 11.2 Å². The predicted octanol–water partition coefficient (Wildman–Crippen LogP) is 4.17. The number of fused-ring (bicyclic) bond motifs is 1. The lowest BCUT2D eigenvalue weighted by atomic mass is 10.0. The van der Waals surface area contributed by atoms with Crippen LogP contribution in [0.1, 0.15) is 40.9 Å². The van der Waals surface area contributed by atoms with Crippen LogP contribution >= 0.6 is 0 Å². The number of benzene rings is 1. The maximum absolute atomic E-state index is 14.5. The van der Waals surface area contributed by atoms with Gasteiger partial charge in [-0.1, -0.05) is 24.5 Å². The Morgan fingerprint density at radius 3 is 2.97 bits per heavy atom. The molecule has 0 bridgehead atoms. The largest absolute Gasteiger partial charge is 0.492 e. The van der Waals surface area contributed by atoms with Gasteiger partial charge < -0.3 is 25.3 Å². The van der Waals surface area contributed by atoms with Gasteiger partial charge in [-0.15, -0.1) is 0 Å². The number of carbonyl (C=O) groups is 2. The molecule has 2 aliphatic heterocycles. The summed E-state index contributed by atoms with van der Waals surface area (Å²) in [4.78, 5) is 35.0. The van der Waals surface area contributed by atoms with E-state index in [1.807, 2.05) is 11.0 Å². The van der Waals surface area contributed by atoms with Crippen molar-refractivity contribution in [1.29, 1.82) is 0 Å². The summed E-state index contributed by atoms with van der Waals surface area (Å²) in [7, 11) is 1.40. The van der Waals surface area contributed by atoms with Crippen LogP contribution in [0.2, 0.25) is 0 Å². The number of carbonyl (C=O) groups excluding carboxylic acids is 2. The summed E-state index contributed by atoms with van der Waals surface area (Å²) in [6.45, 7) is 4.87. The fourth-order valence-electron chi connectivity index (χ4n) is 5.60. The number of para-hydroxylation sites is 1. The van der Waals surface area contributed by atoms with E-state index in [0.29, 0.717) is 47.7 Å². The Morgan fingerprint density at radius 1 is 1.36 bits per heavy atom. The van der Waals surface area contributed by atoms with Crippen molar-refractivity contribution in [3.8, 4) is 28.8 Å². The van der Waals surface area contributed by atoms with Crippen molar-refractivity contribution in [2.24, 2.45) is 5.41 Å². The number of methoxy groups -OCH3 is 1. The first-order valence-electron chi connectivity index (χ1n) is 12.9. The molecule has 0 unspecified atom stereocenters. The molecule has 3 N–H and O–H groups in total. The van der Waals surface area contributed by atoms with E-state index >= 15 is 0 Å². The third-order valence-corrected chi connectivity index (χ3v) is 7.78. The highest BCUT2D eigenvalue weighted by Crippen LogP contribution is 2.54. The molecule has 9 heteroatoms. The zero-order valence-corrected chi connectivity index (χ0v) is 21.6. The molecule has 1 saturated carbocycles. The van der Waals surface area contributed by atoms with Crippen molar-refractivity contribution < 1.29 is 18.7 Å². The molecule has 1 atom stereocenters. The quantitative estimate of drug-likeness (QED) is 0.343. The lowest BCUT2D eigenvalue weighted by Crippen LogP contribution is -2.33. The van der Waals surface area contributed by atoms with Gasteiger partial charge in [-0.3, -0.25) is 14.6 Å². The minimum Gasteiger partial charge on any atom is -0.492 e. The second-order valence-corrected chi connectivity index (χ2v) is 10.3. The molecule has 2 fully saturated rings. The summed E-state index contributed by atoms with van der Waals surface area (Å²) in [5.74, 6) is 5.79. The Bertz CT molecular complexity index is 1560. The summed E-state index contributed by atoms with van der Waals surface area (Å²) in [5.41, 5.74) is 4.33. The third-order valence-electron chi connectivity index (χ3n) is 7.78. The number of nitrogens with one attached hydrogen (secondary N) is 3. The number of pyridine rings is 1. The highest BCUT2D eigenvalue weighted by Gasteiger charge is 2.52. The van der Waals surface area contributed by atoms with Crippen LogP contribution in [0.25, 0.3) is 11.3 Å². The van der Waals surface area contributed by atoms with Crippen molar-refractivity contribution in [1.82, 2.24) is 20.2 Å². The summed E-state index contributed by atoms with van der Waals surface area (Å²) < 4.78 is 19.8. The highest BCUT2D eigenvalue weighted by atomic mass is 19.1. The van der Waals surface area contributed by atoms with Gasteiger partial charge in [0.05, 0.1) is 41.3 Å². The highest BCUT2D eigenvalue weighted by molar-refractivity contribution is 6.06. The number of likely N-dealkylation sites (tertiary alicyclic amines) is 1. The van der Waals surface area contributed by atoms with Gasteiger partial charge in [-0.2, -0.15) is 0 Å². The number of H-pyrrole nitrogens is 1. The van der Waals surface area contributed by atoms with Crippen LogP contribution in [0.5, 0.6) is 5.75 Å². The lowest BCUT2D eigenvalue weighted by Gasteiger charge is -2.18. The summed E-state index contributed by atoms with van der Waals surface area (Å²) in [5, 5.41) is 6.14. The molecule has 39 heavy (non-hydrogen) atoms. The van der Waals surface area contributed by atoms with Gasteiger partial charge >= 0.3 is 0 Å². The first-order chi connectivity index (χ1) is 18.9. The number of hydrogen-bond donors (Lipinski definition) is 3. The van der Waals surface area contributed by atoms with Gasteiger partial charge in [0.2, 0.25) is 5.91 Å². The van der Waals surface area contributed by atoms with Gasteiger partial charge in [-0.05, 0) is 49.0 Å². The van der Waals surface area contributed by atoms with Gasteiger partial charge in [0, 0.05) is 43.2 Å². The molecule has 0 radical (unpaired) electrons. The van der Waals surface area contributed by atoms with Gasteiger partial charge in [0.15, 0.2) is 11.6 Å². The van der Waals surface area contributed by atoms with Crippen LogP contribution in [0, 0.1) is 23.1 Å². The average molecular weight is 526 g/mol. The van der Waals surface area contributed by atoms with Gasteiger partial charge in [-0.25, -0.2) is 4.39 Å². The summed E-state index contributed by atoms with van der Waals surface area (Å²) in [6, 6.07) is 6.21. The van der Waals surface area contributed by atoms with E-state index in [0.717, 1.165) is 30.5 Å². The molecule has 4 heterocycles. The maximum Gasteiger partial charge on any atom is 0.255 e. The number of anilines is 2. The lowest BCUT2D eigenvalue weighted by molar-refractivity contribution is -0.126. The van der Waals surface area contributed by atoms with Crippen molar-refractivity contribution in [2.45, 2.75) is 31.7 Å². The van der Waals surface area contributed by atoms with E-state index in [4.69, 9.17) is 4.74 Å². The number of aromatic amines is 1. The minimum absolute atomic E-state index is 0.0478. The van der Waals surface area contributed by atoms with Crippen molar-refractivity contribution in [2.75, 3.05) is 25.5 Å². The number of amides is 2. The first-order valence-corrected chi connectivity index (χ1v) is 12.9. The number of nitrogens with zero attached hydrogens (tertiary/aromatic N) is 2. The maximum atomic E-state index is 14.5. The Labute approximate surface area is 225 Å². The van der Waals surface area contributed by atoms with E-state index in [1.165, 1.54) is 19.3 Å². The number of rotatable bonds is 5. The topological polar surface area (TPSA) is 99.3 Å². The fraction of sp³-hybridized carbons (Fsp3) is 0.300. The smallest absolute Gasteiger partial charge is 0.255 e. The standard InChI is InChI=1S/C30H28FN5O3/c1-3-24(37)36-17-30(11-12-30)15-19(36)8-7-18-16-32-13-9-20(18)26-27(25-22(34-26)10-14-33-29(25)38)35-23-6-4-5-21(31)28(23)39-2/h3-6,9,13,16,19,34-35H,1,10-12,14-15,17H2,2H3,(H,33,38)/t19-/m0/s1. The number of ether oxygens (including phenoxy) is 1. The predicted molar refractivity (Wildman–Crippen MR) is 145 cm³/mol. The molecule has 8 nitrogen and oxygen atoms in total. The Morgan fingerprint density at radius 2 is 2.21 bits per heavy atom. The molecule has 1 aliphatic carbocycles. The number of halogens is 1. The van der Waals surface area contributed by atoms with Crippen LogP contribution in [0.15, 0.2) is 49.3 Å². The first kappa shape index (κ1) is 24.7. The fourth-order valence-corrected chi connectivity index (χ4v) is 5.60. The Kier molecular flexibility index (Phi) is 6.10. The molecule has 1 spiro atoms. The second-order valence-electron chi connectivity index (χ2n) is 10.3. The monoisotopic (exact) mass is 525 g/mol. The summed E-state index contributed by atoms with van der Waals surface area (Å²) >= 11 is 0. The average Bonchev–Trinajstić information content (AvgIpc) is 3.45. The normalized spacial score (nSPS) is 18.6. The molecule has 1 saturated heterocycles. The van der Waals surface area contributed by atoms with Crippen molar-refractivity contribution >= 4 is 23.2 Å². The molecule has 3 aliphatic rings. The van der Waals surface area contributed by atoms with Crippen LogP contribution < -0.4 is 15.4 Å². The van der Waals surface area contributed by atoms with Gasteiger partial charge in [0.1, 0.15) is 0 Å². The van der Waals surface area contributed by atoms with Crippen molar-refractivity contribution in [3.05, 3.63) is 72.0 Å². The number of aromatic nitrogens is 2. The van der Waals surface area contributed by atoms with Crippen LogP contribution in [0.3, 0.4) is 0 Å². The third kappa shape index (κ3) is 4.42. The minimum atomic E-state index is -0.517. The molecular weight excluding hydrogens is 497 g/mol. The molecule has 1 aromatic carbocycles. The van der Waals surface area contributed by atoms with Gasteiger partial charge in [0.25, 0.3) is 5.91 Å². The zero-order chi connectivity index (χ0) is 27.1. The Hall–Kier alpha value is -4.58. The van der Waals surface area contributed by atoms with Crippen LogP contribution in [0.4, 0.5) is 15.8 Å². The molecule has 3 aromatic rings. The summed E-state index contributed by atoms with van der Waals surface area (Å²) in [6.07, 6.45) is 8.37. The molecular formula is C30H28FN5O3. The Balaban J connectivity index is 1.43.